The summed E-state index contributed by atoms with van der Waals surface area (Å²) >= 11 is 0. The quantitative estimate of drug-likeness (QED) is 0.755. The summed E-state index contributed by atoms with van der Waals surface area (Å²) in [6, 6.07) is 1.39. The fraction of sp³-hybridized carbons (Fsp3) is 1.00. The summed E-state index contributed by atoms with van der Waals surface area (Å²) in [5, 5.41) is 0. The maximum Gasteiger partial charge on any atom is 0.0223 e. The number of rotatable bonds is 2. The Morgan fingerprint density at radius 1 is 1.06 bits per heavy atom. The minimum atomic E-state index is 0.515. The molecule has 0 aromatic rings. The molecular weight excluding hydrogens is 198 g/mol. The Hall–Kier alpha value is -0.120. The van der Waals surface area contributed by atoms with Gasteiger partial charge in [0.05, 0.1) is 0 Å². The van der Waals surface area contributed by atoms with Crippen LogP contribution < -0.4 is 5.73 Å². The SMILES string of the molecule is NC1CC(CN2CCN3CCCCC3C2)C1. The van der Waals surface area contributed by atoms with Crippen LogP contribution in [-0.4, -0.2) is 54.6 Å². The van der Waals surface area contributed by atoms with Gasteiger partial charge in [0.2, 0.25) is 0 Å². The standard InChI is InChI=1S/C13H25N3/c14-12-7-11(8-12)9-15-5-6-16-4-2-1-3-13(16)10-15/h11-13H,1-10,14H2. The molecule has 2 N–H and O–H groups in total. The minimum absolute atomic E-state index is 0.515. The Labute approximate surface area is 99.0 Å². The molecule has 2 heterocycles. The van der Waals surface area contributed by atoms with Crippen LogP contribution in [0.1, 0.15) is 32.1 Å². The molecule has 0 aromatic heterocycles. The Bertz CT molecular complexity index is 237. The molecular formula is C13H25N3. The summed E-state index contributed by atoms with van der Waals surface area (Å²) in [6.45, 7) is 6.60. The van der Waals surface area contributed by atoms with Gasteiger partial charge in [-0.3, -0.25) is 4.90 Å². The first-order valence-corrected chi connectivity index (χ1v) is 7.03. The first-order valence-electron chi connectivity index (χ1n) is 7.03. The number of piperidine rings is 1. The number of fused-ring (bicyclic) bond motifs is 1. The molecule has 1 unspecified atom stereocenters. The van der Waals surface area contributed by atoms with Crippen molar-refractivity contribution in [1.82, 2.24) is 9.80 Å². The molecule has 16 heavy (non-hydrogen) atoms. The van der Waals surface area contributed by atoms with E-state index in [4.69, 9.17) is 5.73 Å². The third-order valence-electron chi connectivity index (χ3n) is 4.71. The lowest BCUT2D eigenvalue weighted by atomic mass is 9.80. The van der Waals surface area contributed by atoms with Gasteiger partial charge < -0.3 is 10.6 Å². The highest BCUT2D eigenvalue weighted by Gasteiger charge is 2.32. The van der Waals surface area contributed by atoms with Crippen LogP contribution >= 0.6 is 0 Å². The molecule has 0 bridgehead atoms. The van der Waals surface area contributed by atoms with Crippen molar-refractivity contribution in [3.8, 4) is 0 Å². The van der Waals surface area contributed by atoms with E-state index in [0.717, 1.165) is 12.0 Å². The molecule has 3 heteroatoms. The van der Waals surface area contributed by atoms with E-state index in [1.807, 2.05) is 0 Å². The smallest absolute Gasteiger partial charge is 0.0223 e. The molecule has 0 radical (unpaired) electrons. The average Bonchev–Trinajstić information content (AvgIpc) is 2.27. The van der Waals surface area contributed by atoms with Gasteiger partial charge >= 0.3 is 0 Å². The van der Waals surface area contributed by atoms with Gasteiger partial charge in [0.25, 0.3) is 0 Å². The van der Waals surface area contributed by atoms with E-state index in [1.54, 1.807) is 0 Å². The maximum atomic E-state index is 5.85. The van der Waals surface area contributed by atoms with Gasteiger partial charge in [-0.15, -0.1) is 0 Å². The van der Waals surface area contributed by atoms with Gasteiger partial charge in [-0.05, 0) is 38.1 Å². The van der Waals surface area contributed by atoms with Crippen molar-refractivity contribution in [2.75, 3.05) is 32.7 Å². The highest BCUT2D eigenvalue weighted by Crippen LogP contribution is 2.28. The molecule has 0 aromatic carbocycles. The van der Waals surface area contributed by atoms with Crippen LogP contribution in [0.4, 0.5) is 0 Å². The molecule has 2 aliphatic heterocycles. The van der Waals surface area contributed by atoms with E-state index in [9.17, 15) is 0 Å². The lowest BCUT2D eigenvalue weighted by Gasteiger charge is -2.46. The second-order valence-corrected chi connectivity index (χ2v) is 6.04. The molecule has 0 spiro atoms. The number of piperazine rings is 1. The van der Waals surface area contributed by atoms with Crippen molar-refractivity contribution in [2.45, 2.75) is 44.2 Å². The normalized spacial score (nSPS) is 41.4. The Morgan fingerprint density at radius 3 is 2.75 bits per heavy atom. The summed E-state index contributed by atoms with van der Waals surface area (Å²) < 4.78 is 0. The van der Waals surface area contributed by atoms with Crippen molar-refractivity contribution in [3.63, 3.8) is 0 Å². The van der Waals surface area contributed by atoms with Crippen LogP contribution in [0.2, 0.25) is 0 Å². The van der Waals surface area contributed by atoms with Crippen molar-refractivity contribution in [2.24, 2.45) is 11.7 Å². The monoisotopic (exact) mass is 223 g/mol. The van der Waals surface area contributed by atoms with Gasteiger partial charge in [0, 0.05) is 38.3 Å². The summed E-state index contributed by atoms with van der Waals surface area (Å²) in [4.78, 5) is 5.41. The largest absolute Gasteiger partial charge is 0.328 e. The molecule has 3 aliphatic rings. The molecule has 3 nitrogen and oxygen atoms in total. The van der Waals surface area contributed by atoms with E-state index in [2.05, 4.69) is 9.80 Å². The fourth-order valence-corrected chi connectivity index (χ4v) is 3.69. The second kappa shape index (κ2) is 4.63. The Kier molecular flexibility index (Phi) is 3.18. The summed E-state index contributed by atoms with van der Waals surface area (Å²) in [5.41, 5.74) is 5.85. The molecule has 1 saturated carbocycles. The van der Waals surface area contributed by atoms with Crippen molar-refractivity contribution in [3.05, 3.63) is 0 Å². The number of hydrogen-bond donors (Lipinski definition) is 1. The first-order chi connectivity index (χ1) is 7.81. The fourth-order valence-electron chi connectivity index (χ4n) is 3.69. The van der Waals surface area contributed by atoms with E-state index in [1.165, 1.54) is 64.8 Å². The maximum absolute atomic E-state index is 5.85. The van der Waals surface area contributed by atoms with Crippen LogP contribution in [0.15, 0.2) is 0 Å². The van der Waals surface area contributed by atoms with Gasteiger partial charge in [0.15, 0.2) is 0 Å². The molecule has 3 rings (SSSR count). The lowest BCUT2D eigenvalue weighted by Crippen LogP contribution is -2.56. The summed E-state index contributed by atoms with van der Waals surface area (Å²) in [5.74, 6) is 0.908. The van der Waals surface area contributed by atoms with E-state index in [-0.39, 0.29) is 0 Å². The van der Waals surface area contributed by atoms with Crippen LogP contribution in [0.3, 0.4) is 0 Å². The van der Waals surface area contributed by atoms with E-state index in [0.29, 0.717) is 6.04 Å². The molecule has 2 saturated heterocycles. The second-order valence-electron chi connectivity index (χ2n) is 6.04. The Balaban J connectivity index is 1.47. The zero-order chi connectivity index (χ0) is 11.0. The molecule has 92 valence electrons. The third-order valence-corrected chi connectivity index (χ3v) is 4.71. The summed E-state index contributed by atoms with van der Waals surface area (Å²) in [6.07, 6.45) is 6.84. The lowest BCUT2D eigenvalue weighted by molar-refractivity contribution is 0.0323. The first kappa shape index (κ1) is 11.0. The van der Waals surface area contributed by atoms with E-state index >= 15 is 0 Å². The van der Waals surface area contributed by atoms with Crippen LogP contribution in [0.5, 0.6) is 0 Å². The van der Waals surface area contributed by atoms with Crippen molar-refractivity contribution < 1.29 is 0 Å². The minimum Gasteiger partial charge on any atom is -0.328 e. The van der Waals surface area contributed by atoms with E-state index < -0.39 is 0 Å². The van der Waals surface area contributed by atoms with Crippen molar-refractivity contribution in [1.29, 1.82) is 0 Å². The van der Waals surface area contributed by atoms with Crippen LogP contribution in [0.25, 0.3) is 0 Å². The van der Waals surface area contributed by atoms with Crippen LogP contribution in [-0.2, 0) is 0 Å². The predicted octanol–water partition coefficient (Wildman–Crippen LogP) is 0.894. The number of hydrogen-bond acceptors (Lipinski definition) is 3. The zero-order valence-electron chi connectivity index (χ0n) is 10.3. The molecule has 1 atom stereocenters. The average molecular weight is 223 g/mol. The number of nitrogens with zero attached hydrogens (tertiary/aromatic N) is 2. The van der Waals surface area contributed by atoms with Crippen molar-refractivity contribution >= 4 is 0 Å². The van der Waals surface area contributed by atoms with Gasteiger partial charge in [-0.2, -0.15) is 0 Å². The Morgan fingerprint density at radius 2 is 1.94 bits per heavy atom. The molecule has 1 aliphatic carbocycles. The topological polar surface area (TPSA) is 32.5 Å². The van der Waals surface area contributed by atoms with Gasteiger partial charge in [-0.1, -0.05) is 6.42 Å². The molecule has 0 amide bonds. The highest BCUT2D eigenvalue weighted by molar-refractivity contribution is 4.89. The van der Waals surface area contributed by atoms with Gasteiger partial charge in [0.1, 0.15) is 0 Å². The highest BCUT2D eigenvalue weighted by atomic mass is 15.3. The summed E-state index contributed by atoms with van der Waals surface area (Å²) in [7, 11) is 0. The molecule has 3 fully saturated rings. The number of nitrogens with two attached hydrogens (primary N) is 1. The van der Waals surface area contributed by atoms with Crippen LogP contribution in [0, 0.1) is 5.92 Å². The predicted molar refractivity (Wildman–Crippen MR) is 66.4 cm³/mol. The zero-order valence-corrected chi connectivity index (χ0v) is 10.3. The third kappa shape index (κ3) is 2.27. The van der Waals surface area contributed by atoms with Gasteiger partial charge in [-0.25, -0.2) is 0 Å².